The minimum atomic E-state index is -0.797. The maximum Gasteiger partial charge on any atom is 0.338 e. The van der Waals surface area contributed by atoms with Crippen LogP contribution in [0.3, 0.4) is 0 Å². The van der Waals surface area contributed by atoms with Crippen molar-refractivity contribution in [2.45, 2.75) is 117 Å². The van der Waals surface area contributed by atoms with Gasteiger partial charge in [-0.05, 0) is 25.8 Å². The van der Waals surface area contributed by atoms with E-state index in [0.29, 0.717) is 23.4 Å². The number of urea groups is 1. The first-order chi connectivity index (χ1) is 18.4. The summed E-state index contributed by atoms with van der Waals surface area (Å²) in [6.45, 7) is 6.44. The molecule has 0 fully saturated rings. The van der Waals surface area contributed by atoms with Gasteiger partial charge < -0.3 is 10.1 Å². The van der Waals surface area contributed by atoms with Crippen molar-refractivity contribution in [3.8, 4) is 0 Å². The molecule has 1 atom stereocenters. The molecule has 1 heterocycles. The lowest BCUT2D eigenvalue weighted by Gasteiger charge is -2.35. The van der Waals surface area contributed by atoms with Gasteiger partial charge in [-0.15, -0.1) is 0 Å². The van der Waals surface area contributed by atoms with Crippen LogP contribution in [0.15, 0.2) is 35.5 Å². The Balaban J connectivity index is 1.83. The lowest BCUT2D eigenvalue weighted by atomic mass is 9.94. The van der Waals surface area contributed by atoms with Gasteiger partial charge in [-0.25, -0.2) is 9.59 Å². The van der Waals surface area contributed by atoms with Crippen molar-refractivity contribution in [1.29, 1.82) is 0 Å². The zero-order valence-corrected chi connectivity index (χ0v) is 23.6. The number of nitrogens with one attached hydrogen (secondary N) is 1. The van der Waals surface area contributed by atoms with Crippen molar-refractivity contribution in [3.63, 3.8) is 0 Å². The number of amides is 2. The Labute approximate surface area is 228 Å². The minimum Gasteiger partial charge on any atom is -0.463 e. The summed E-state index contributed by atoms with van der Waals surface area (Å²) in [4.78, 5) is 38.2. The average Bonchev–Trinajstić information content (AvgIpc) is 2.90. The van der Waals surface area contributed by atoms with Gasteiger partial charge in [-0.3, -0.25) is 15.0 Å². The summed E-state index contributed by atoms with van der Waals surface area (Å²) in [7, 11) is 0. The third-order valence-corrected chi connectivity index (χ3v) is 7.24. The van der Waals surface area contributed by atoms with Crippen LogP contribution in [0, 0.1) is 10.1 Å². The normalized spacial score (nSPS) is 15.5. The molecule has 0 aliphatic carbocycles. The van der Waals surface area contributed by atoms with Crippen molar-refractivity contribution < 1.29 is 19.2 Å². The molecule has 0 aromatic heterocycles. The van der Waals surface area contributed by atoms with E-state index in [0.717, 1.165) is 19.3 Å². The van der Waals surface area contributed by atoms with Crippen LogP contribution in [0.25, 0.3) is 0 Å². The van der Waals surface area contributed by atoms with Crippen molar-refractivity contribution >= 4 is 17.7 Å². The van der Waals surface area contributed by atoms with Crippen LogP contribution in [0.2, 0.25) is 0 Å². The monoisotopic (exact) mass is 529 g/mol. The molecule has 1 unspecified atom stereocenters. The molecule has 0 spiro atoms. The van der Waals surface area contributed by atoms with Crippen molar-refractivity contribution in [1.82, 2.24) is 10.2 Å². The van der Waals surface area contributed by atoms with Crippen LogP contribution in [0.1, 0.15) is 122 Å². The standard InChI is InChI=1S/C30H47N3O5/c1-4-6-7-8-9-10-11-12-13-14-15-16-17-18-22-32-24(3)27(29(34)38-5-2)28(31-30(32)35)25-20-19-21-26(23-25)33(36)37/h19-21,23,28H,4-18,22H2,1-3H3,(H,31,35). The molecule has 0 saturated heterocycles. The number of hydrogen-bond acceptors (Lipinski definition) is 5. The number of unbranched alkanes of at least 4 members (excludes halogenated alkanes) is 13. The number of non-ortho nitro benzene ring substituents is 1. The molecule has 38 heavy (non-hydrogen) atoms. The summed E-state index contributed by atoms with van der Waals surface area (Å²) in [6.07, 6.45) is 17.6. The van der Waals surface area contributed by atoms with E-state index >= 15 is 0 Å². The zero-order valence-electron chi connectivity index (χ0n) is 23.6. The molecule has 1 N–H and O–H groups in total. The Bertz CT molecular complexity index is 930. The quantitative estimate of drug-likeness (QED) is 0.0847. The van der Waals surface area contributed by atoms with Crippen LogP contribution in [0.4, 0.5) is 10.5 Å². The van der Waals surface area contributed by atoms with Crippen molar-refractivity contribution in [2.24, 2.45) is 0 Å². The predicted molar refractivity (Wildman–Crippen MR) is 151 cm³/mol. The van der Waals surface area contributed by atoms with Crippen LogP contribution in [0.5, 0.6) is 0 Å². The molecule has 1 aromatic rings. The Kier molecular flexibility index (Phi) is 14.5. The number of ether oxygens (including phenoxy) is 1. The van der Waals surface area contributed by atoms with E-state index in [4.69, 9.17) is 4.74 Å². The highest BCUT2D eigenvalue weighted by Crippen LogP contribution is 2.33. The van der Waals surface area contributed by atoms with E-state index in [2.05, 4.69) is 12.2 Å². The van der Waals surface area contributed by atoms with E-state index < -0.39 is 16.9 Å². The molecule has 212 valence electrons. The summed E-state index contributed by atoms with van der Waals surface area (Å²) in [5.41, 5.74) is 1.24. The van der Waals surface area contributed by atoms with E-state index in [-0.39, 0.29) is 18.3 Å². The van der Waals surface area contributed by atoms with Gasteiger partial charge in [0.1, 0.15) is 0 Å². The van der Waals surface area contributed by atoms with Gasteiger partial charge in [0, 0.05) is 24.4 Å². The first-order valence-corrected chi connectivity index (χ1v) is 14.6. The molecule has 0 radical (unpaired) electrons. The highest BCUT2D eigenvalue weighted by atomic mass is 16.6. The van der Waals surface area contributed by atoms with Gasteiger partial charge in [0.05, 0.1) is 23.1 Å². The van der Waals surface area contributed by atoms with Crippen LogP contribution < -0.4 is 5.32 Å². The van der Waals surface area contributed by atoms with Crippen molar-refractivity contribution in [2.75, 3.05) is 13.2 Å². The lowest BCUT2D eigenvalue weighted by Crippen LogP contribution is -2.48. The summed E-state index contributed by atoms with van der Waals surface area (Å²) in [5, 5.41) is 14.1. The SMILES string of the molecule is CCCCCCCCCCCCCCCCN1C(=O)NC(c2cccc([N+](=O)[O-])c2)C(C(=O)OCC)=C1C. The fourth-order valence-corrected chi connectivity index (χ4v) is 5.06. The number of hydrogen-bond donors (Lipinski definition) is 1. The van der Waals surface area contributed by atoms with E-state index in [1.54, 1.807) is 30.9 Å². The number of allylic oxidation sites excluding steroid dienone is 1. The zero-order chi connectivity index (χ0) is 27.8. The van der Waals surface area contributed by atoms with E-state index in [1.165, 1.54) is 82.8 Å². The van der Waals surface area contributed by atoms with E-state index in [1.807, 2.05) is 0 Å². The number of benzene rings is 1. The summed E-state index contributed by atoms with van der Waals surface area (Å²) < 4.78 is 5.28. The lowest BCUT2D eigenvalue weighted by molar-refractivity contribution is -0.384. The Hall–Kier alpha value is -2.90. The van der Waals surface area contributed by atoms with Crippen LogP contribution in [-0.4, -0.2) is 35.0 Å². The van der Waals surface area contributed by atoms with E-state index in [9.17, 15) is 19.7 Å². The Morgan fingerprint density at radius 2 is 1.50 bits per heavy atom. The number of nitrogens with zero attached hydrogens (tertiary/aromatic N) is 2. The van der Waals surface area contributed by atoms with Crippen LogP contribution >= 0.6 is 0 Å². The van der Waals surface area contributed by atoms with Gasteiger partial charge in [0.25, 0.3) is 5.69 Å². The maximum absolute atomic E-state index is 13.0. The molecule has 1 aliphatic rings. The van der Waals surface area contributed by atoms with Gasteiger partial charge >= 0.3 is 12.0 Å². The summed E-state index contributed by atoms with van der Waals surface area (Å²) in [6, 6.07) is 4.90. The third-order valence-electron chi connectivity index (χ3n) is 7.24. The molecular weight excluding hydrogens is 482 g/mol. The highest BCUT2D eigenvalue weighted by molar-refractivity contribution is 5.95. The minimum absolute atomic E-state index is 0.0950. The molecule has 0 bridgehead atoms. The Morgan fingerprint density at radius 3 is 2.03 bits per heavy atom. The fourth-order valence-electron chi connectivity index (χ4n) is 5.06. The molecule has 8 heteroatoms. The first kappa shape index (κ1) is 31.3. The second-order valence-corrected chi connectivity index (χ2v) is 10.2. The smallest absolute Gasteiger partial charge is 0.338 e. The fraction of sp³-hybridized carbons (Fsp3) is 0.667. The first-order valence-electron chi connectivity index (χ1n) is 14.6. The molecule has 8 nitrogen and oxygen atoms in total. The number of nitro groups is 1. The van der Waals surface area contributed by atoms with Gasteiger partial charge in [-0.1, -0.05) is 103 Å². The predicted octanol–water partition coefficient (Wildman–Crippen LogP) is 7.98. The molecule has 2 rings (SSSR count). The number of nitro benzene ring substituents is 1. The molecule has 1 aliphatic heterocycles. The summed E-state index contributed by atoms with van der Waals surface area (Å²) in [5.74, 6) is -0.521. The number of rotatable bonds is 19. The van der Waals surface area contributed by atoms with Gasteiger partial charge in [0.15, 0.2) is 0 Å². The number of carbonyl (C=O) groups is 2. The largest absolute Gasteiger partial charge is 0.463 e. The maximum atomic E-state index is 13.0. The molecule has 0 saturated carbocycles. The average molecular weight is 530 g/mol. The number of carbonyl (C=O) groups excluding carboxylic acids is 2. The molecule has 2 amide bonds. The second-order valence-electron chi connectivity index (χ2n) is 10.2. The van der Waals surface area contributed by atoms with Crippen LogP contribution in [-0.2, 0) is 9.53 Å². The second kappa shape index (κ2) is 17.6. The molecular formula is C30H47N3O5. The number of esters is 1. The highest BCUT2D eigenvalue weighted by Gasteiger charge is 2.36. The van der Waals surface area contributed by atoms with Crippen molar-refractivity contribution in [3.05, 3.63) is 51.2 Å². The van der Waals surface area contributed by atoms with Gasteiger partial charge in [-0.2, -0.15) is 0 Å². The topological polar surface area (TPSA) is 102 Å². The third kappa shape index (κ3) is 10.1. The summed E-state index contributed by atoms with van der Waals surface area (Å²) >= 11 is 0. The Morgan fingerprint density at radius 1 is 0.947 bits per heavy atom. The van der Waals surface area contributed by atoms with Gasteiger partial charge in [0.2, 0.25) is 0 Å². The molecule has 1 aromatic carbocycles.